The molecule has 30 heavy (non-hydrogen) atoms. The third-order valence-corrected chi connectivity index (χ3v) is 5.23. The van der Waals surface area contributed by atoms with Crippen LogP contribution >= 0.6 is 0 Å². The molecule has 4 heteroatoms. The molecule has 3 rings (SSSR count). The van der Waals surface area contributed by atoms with Gasteiger partial charge in [-0.1, -0.05) is 50.5 Å². The maximum Gasteiger partial charge on any atom is 0.318 e. The Bertz CT molecular complexity index is 962. The smallest absolute Gasteiger partial charge is 0.318 e. The van der Waals surface area contributed by atoms with Gasteiger partial charge in [0.15, 0.2) is 0 Å². The molecule has 4 nitrogen and oxygen atoms in total. The summed E-state index contributed by atoms with van der Waals surface area (Å²) < 4.78 is 16.6. The van der Waals surface area contributed by atoms with Gasteiger partial charge >= 0.3 is 5.97 Å². The molecule has 0 unspecified atom stereocenters. The SMILES string of the molecule is CCCCCCOc1ccc(OC(=O)[C@@H](C)c2ccc3cc(OC)ccc3c2)cc1. The Kier molecular flexibility index (Phi) is 7.72. The van der Waals surface area contributed by atoms with Crippen molar-refractivity contribution in [2.24, 2.45) is 0 Å². The molecule has 0 saturated carbocycles. The molecule has 0 aliphatic heterocycles. The van der Waals surface area contributed by atoms with Crippen molar-refractivity contribution in [2.75, 3.05) is 13.7 Å². The van der Waals surface area contributed by atoms with Crippen LogP contribution in [0.2, 0.25) is 0 Å². The number of benzene rings is 3. The lowest BCUT2D eigenvalue weighted by Gasteiger charge is -2.13. The number of ether oxygens (including phenoxy) is 3. The van der Waals surface area contributed by atoms with E-state index in [0.717, 1.165) is 34.3 Å². The lowest BCUT2D eigenvalue weighted by atomic mass is 9.98. The van der Waals surface area contributed by atoms with E-state index in [-0.39, 0.29) is 11.9 Å². The van der Waals surface area contributed by atoms with Gasteiger partial charge < -0.3 is 14.2 Å². The van der Waals surface area contributed by atoms with E-state index >= 15 is 0 Å². The Hall–Kier alpha value is -3.01. The van der Waals surface area contributed by atoms with E-state index in [1.54, 1.807) is 19.2 Å². The van der Waals surface area contributed by atoms with E-state index in [2.05, 4.69) is 6.92 Å². The zero-order valence-corrected chi connectivity index (χ0v) is 18.0. The quantitative estimate of drug-likeness (QED) is 0.218. The van der Waals surface area contributed by atoms with Crippen LogP contribution in [0.3, 0.4) is 0 Å². The number of carbonyl (C=O) groups is 1. The zero-order valence-electron chi connectivity index (χ0n) is 18.0. The maximum absolute atomic E-state index is 12.6. The number of esters is 1. The van der Waals surface area contributed by atoms with Crippen LogP contribution in [-0.2, 0) is 4.79 Å². The van der Waals surface area contributed by atoms with Crippen LogP contribution in [0, 0.1) is 0 Å². The van der Waals surface area contributed by atoms with Crippen LogP contribution in [0.25, 0.3) is 10.8 Å². The fraction of sp³-hybridized carbons (Fsp3) is 0.346. The van der Waals surface area contributed by atoms with Crippen LogP contribution in [0.15, 0.2) is 60.7 Å². The van der Waals surface area contributed by atoms with Crippen molar-refractivity contribution >= 4 is 16.7 Å². The monoisotopic (exact) mass is 406 g/mol. The lowest BCUT2D eigenvalue weighted by molar-refractivity contribution is -0.135. The topological polar surface area (TPSA) is 44.8 Å². The largest absolute Gasteiger partial charge is 0.497 e. The van der Waals surface area contributed by atoms with Crippen LogP contribution in [-0.4, -0.2) is 19.7 Å². The number of carbonyl (C=O) groups excluding carboxylic acids is 1. The normalized spacial score (nSPS) is 11.8. The Balaban J connectivity index is 1.58. The highest BCUT2D eigenvalue weighted by molar-refractivity contribution is 5.87. The molecule has 0 saturated heterocycles. The third kappa shape index (κ3) is 5.76. The summed E-state index contributed by atoms with van der Waals surface area (Å²) in [7, 11) is 1.65. The summed E-state index contributed by atoms with van der Waals surface area (Å²) >= 11 is 0. The molecule has 0 spiro atoms. The standard InChI is InChI=1S/C26H30O4/c1-4-5-6-7-16-29-23-12-14-24(15-13-23)30-26(27)19(2)20-8-9-22-18-25(28-3)11-10-21(22)17-20/h8-15,17-19H,4-7,16H2,1-3H3/t19-/m0/s1. The van der Waals surface area contributed by atoms with Crippen molar-refractivity contribution in [3.63, 3.8) is 0 Å². The first-order valence-corrected chi connectivity index (χ1v) is 10.6. The van der Waals surface area contributed by atoms with E-state index in [4.69, 9.17) is 14.2 Å². The van der Waals surface area contributed by atoms with Gasteiger partial charge in [0, 0.05) is 0 Å². The first-order chi connectivity index (χ1) is 14.6. The van der Waals surface area contributed by atoms with Crippen molar-refractivity contribution in [3.8, 4) is 17.2 Å². The summed E-state index contributed by atoms with van der Waals surface area (Å²) in [5.74, 6) is 1.48. The van der Waals surface area contributed by atoms with Gasteiger partial charge in [-0.05, 0) is 66.1 Å². The first-order valence-electron chi connectivity index (χ1n) is 10.6. The van der Waals surface area contributed by atoms with Crippen LogP contribution in [0.5, 0.6) is 17.2 Å². The number of methoxy groups -OCH3 is 1. The molecule has 0 aliphatic carbocycles. The summed E-state index contributed by atoms with van der Waals surface area (Å²) in [6, 6.07) is 19.1. The number of fused-ring (bicyclic) bond motifs is 1. The second-order valence-electron chi connectivity index (χ2n) is 7.50. The van der Waals surface area contributed by atoms with Gasteiger partial charge in [0.05, 0.1) is 19.6 Å². The van der Waals surface area contributed by atoms with E-state index in [1.165, 1.54) is 19.3 Å². The number of unbranched alkanes of at least 4 members (excludes halogenated alkanes) is 3. The van der Waals surface area contributed by atoms with E-state index < -0.39 is 0 Å². The van der Waals surface area contributed by atoms with Crippen molar-refractivity contribution in [1.82, 2.24) is 0 Å². The predicted octanol–water partition coefficient (Wildman–Crippen LogP) is 6.52. The van der Waals surface area contributed by atoms with Crippen molar-refractivity contribution in [2.45, 2.75) is 45.4 Å². The summed E-state index contributed by atoms with van der Waals surface area (Å²) in [5, 5.41) is 2.14. The van der Waals surface area contributed by atoms with Gasteiger partial charge in [-0.2, -0.15) is 0 Å². The fourth-order valence-corrected chi connectivity index (χ4v) is 3.30. The molecule has 0 heterocycles. The van der Waals surface area contributed by atoms with E-state index in [9.17, 15) is 4.79 Å². The minimum Gasteiger partial charge on any atom is -0.497 e. The summed E-state index contributed by atoms with van der Waals surface area (Å²) in [6.07, 6.45) is 4.70. The number of rotatable bonds is 10. The minimum atomic E-state index is -0.369. The van der Waals surface area contributed by atoms with Crippen LogP contribution < -0.4 is 14.2 Å². The molecule has 158 valence electrons. The van der Waals surface area contributed by atoms with Gasteiger partial charge in [0.25, 0.3) is 0 Å². The molecule has 0 fully saturated rings. The Morgan fingerprint density at radius 1 is 0.833 bits per heavy atom. The summed E-state index contributed by atoms with van der Waals surface area (Å²) in [6.45, 7) is 4.77. The Labute approximate surface area is 178 Å². The molecule has 3 aromatic carbocycles. The molecule has 3 aromatic rings. The minimum absolute atomic E-state index is 0.281. The molecule has 0 aliphatic rings. The zero-order chi connectivity index (χ0) is 21.3. The van der Waals surface area contributed by atoms with Gasteiger partial charge in [0.1, 0.15) is 17.2 Å². The molecule has 0 aromatic heterocycles. The van der Waals surface area contributed by atoms with Gasteiger partial charge in [-0.3, -0.25) is 4.79 Å². The summed E-state index contributed by atoms with van der Waals surface area (Å²) in [4.78, 5) is 12.6. The first kappa shape index (κ1) is 21.7. The second-order valence-corrected chi connectivity index (χ2v) is 7.50. The molecular formula is C26H30O4. The highest BCUT2D eigenvalue weighted by Crippen LogP contribution is 2.27. The van der Waals surface area contributed by atoms with Crippen LogP contribution in [0.1, 0.15) is 51.0 Å². The highest BCUT2D eigenvalue weighted by Gasteiger charge is 2.18. The predicted molar refractivity (Wildman–Crippen MR) is 121 cm³/mol. The highest BCUT2D eigenvalue weighted by atomic mass is 16.5. The fourth-order valence-electron chi connectivity index (χ4n) is 3.30. The average Bonchev–Trinajstić information content (AvgIpc) is 2.78. The van der Waals surface area contributed by atoms with Gasteiger partial charge in [-0.25, -0.2) is 0 Å². The Morgan fingerprint density at radius 2 is 1.50 bits per heavy atom. The van der Waals surface area contributed by atoms with Crippen molar-refractivity contribution in [1.29, 1.82) is 0 Å². The molecule has 1 atom stereocenters. The molecular weight excluding hydrogens is 376 g/mol. The number of hydrogen-bond donors (Lipinski definition) is 0. The Morgan fingerprint density at radius 3 is 2.23 bits per heavy atom. The average molecular weight is 407 g/mol. The van der Waals surface area contributed by atoms with Crippen molar-refractivity contribution in [3.05, 3.63) is 66.2 Å². The third-order valence-electron chi connectivity index (χ3n) is 5.23. The molecule has 0 amide bonds. The lowest BCUT2D eigenvalue weighted by Crippen LogP contribution is -2.16. The maximum atomic E-state index is 12.6. The van der Waals surface area contributed by atoms with Gasteiger partial charge in [-0.15, -0.1) is 0 Å². The number of hydrogen-bond acceptors (Lipinski definition) is 4. The van der Waals surface area contributed by atoms with E-state index in [1.807, 2.05) is 55.5 Å². The second kappa shape index (κ2) is 10.7. The van der Waals surface area contributed by atoms with E-state index in [0.29, 0.717) is 12.4 Å². The molecule has 0 radical (unpaired) electrons. The molecule has 0 bridgehead atoms. The van der Waals surface area contributed by atoms with Crippen LogP contribution in [0.4, 0.5) is 0 Å². The summed E-state index contributed by atoms with van der Waals surface area (Å²) in [5.41, 5.74) is 0.921. The molecule has 0 N–H and O–H groups in total. The van der Waals surface area contributed by atoms with Crippen molar-refractivity contribution < 1.29 is 19.0 Å². The van der Waals surface area contributed by atoms with Gasteiger partial charge in [0.2, 0.25) is 0 Å².